The number of nitrogens with zero attached hydrogens (tertiary/aromatic N) is 2. The molecule has 1 aliphatic rings. The molecule has 6 nitrogen and oxygen atoms in total. The molecular weight excluding hydrogens is 434 g/mol. The van der Waals surface area contributed by atoms with Crippen LogP contribution in [0.3, 0.4) is 0 Å². The Morgan fingerprint density at radius 2 is 1.79 bits per heavy atom. The summed E-state index contributed by atoms with van der Waals surface area (Å²) in [6.07, 6.45) is 2.92. The van der Waals surface area contributed by atoms with Crippen LogP contribution in [0.5, 0.6) is 0 Å². The van der Waals surface area contributed by atoms with Gasteiger partial charge in [-0.1, -0.05) is 54.6 Å². The second-order valence-electron chi connectivity index (χ2n) is 9.20. The third-order valence-electron chi connectivity index (χ3n) is 6.33. The number of hydrogen-bond donors (Lipinski definition) is 1. The average Bonchev–Trinajstić information content (AvgIpc) is 2.75. The van der Waals surface area contributed by atoms with Crippen LogP contribution in [0.2, 0.25) is 0 Å². The third kappa shape index (κ3) is 5.09. The Labute approximate surface area is 195 Å². The lowest BCUT2D eigenvalue weighted by Crippen LogP contribution is -2.46. The minimum absolute atomic E-state index is 0.0272. The van der Waals surface area contributed by atoms with E-state index in [0.29, 0.717) is 30.7 Å². The number of nitrogens with one attached hydrogen (secondary N) is 1. The summed E-state index contributed by atoms with van der Waals surface area (Å²) >= 11 is 0. The van der Waals surface area contributed by atoms with E-state index < -0.39 is 10.0 Å². The molecule has 174 valence electrons. The molecule has 1 aromatic heterocycles. The predicted octanol–water partition coefficient (Wildman–Crippen LogP) is 3.99. The number of aryl methyl sites for hydroxylation is 2. The fourth-order valence-electron chi connectivity index (χ4n) is 5.00. The zero-order valence-electron chi connectivity index (χ0n) is 19.6. The highest BCUT2D eigenvalue weighted by molar-refractivity contribution is 7.88. The summed E-state index contributed by atoms with van der Waals surface area (Å²) in [6, 6.07) is 18.0. The van der Waals surface area contributed by atoms with Gasteiger partial charge in [0.1, 0.15) is 5.82 Å². The molecule has 1 aliphatic carbocycles. The number of hydrogen-bond acceptors (Lipinski definition) is 4. The van der Waals surface area contributed by atoms with Crippen molar-refractivity contribution < 1.29 is 8.42 Å². The second kappa shape index (κ2) is 9.23. The van der Waals surface area contributed by atoms with Gasteiger partial charge in [-0.2, -0.15) is 0 Å². The van der Waals surface area contributed by atoms with Crippen molar-refractivity contribution >= 4 is 10.0 Å². The van der Waals surface area contributed by atoms with Crippen molar-refractivity contribution in [1.82, 2.24) is 14.3 Å². The van der Waals surface area contributed by atoms with Crippen molar-refractivity contribution in [2.75, 3.05) is 6.26 Å². The van der Waals surface area contributed by atoms with Gasteiger partial charge in [0.15, 0.2) is 0 Å². The topological polar surface area (TPSA) is 81.1 Å². The Balaban J connectivity index is 1.80. The van der Waals surface area contributed by atoms with Crippen LogP contribution in [0.1, 0.15) is 54.9 Å². The van der Waals surface area contributed by atoms with Crippen LogP contribution in [0, 0.1) is 6.92 Å². The van der Waals surface area contributed by atoms with E-state index >= 15 is 0 Å². The van der Waals surface area contributed by atoms with Gasteiger partial charge in [0.2, 0.25) is 10.0 Å². The molecule has 0 amide bonds. The standard InChI is InChI=1S/C26H31N3O3S/c1-17(2)29-18(3)27-24-14-13-23(28-33(4,31)32)22(25(24)26(29)30)16-19-9-8-12-21(15-19)20-10-6-5-7-11-20/h5-12,15,17,22-23,28H,13-14,16H2,1-4H3/t22-,23-/m0/s1. The smallest absolute Gasteiger partial charge is 0.257 e. The maximum atomic E-state index is 13.6. The van der Waals surface area contributed by atoms with E-state index in [9.17, 15) is 13.2 Å². The molecule has 2 atom stereocenters. The summed E-state index contributed by atoms with van der Waals surface area (Å²) in [4.78, 5) is 18.4. The molecule has 3 aromatic rings. The Morgan fingerprint density at radius 1 is 1.09 bits per heavy atom. The fourth-order valence-corrected chi connectivity index (χ4v) is 5.83. The average molecular weight is 466 g/mol. The second-order valence-corrected chi connectivity index (χ2v) is 11.0. The van der Waals surface area contributed by atoms with Gasteiger partial charge in [0.05, 0.1) is 11.9 Å². The lowest BCUT2D eigenvalue weighted by molar-refractivity contribution is 0.410. The molecule has 33 heavy (non-hydrogen) atoms. The summed E-state index contributed by atoms with van der Waals surface area (Å²) in [6.45, 7) is 5.80. The summed E-state index contributed by atoms with van der Waals surface area (Å²) in [5.74, 6) is 0.410. The lowest BCUT2D eigenvalue weighted by atomic mass is 9.78. The Bertz CT molecular complexity index is 1310. The third-order valence-corrected chi connectivity index (χ3v) is 7.06. The first-order valence-electron chi connectivity index (χ1n) is 11.4. The van der Waals surface area contributed by atoms with Crippen molar-refractivity contribution in [1.29, 1.82) is 0 Å². The van der Waals surface area contributed by atoms with Crippen molar-refractivity contribution in [3.05, 3.63) is 87.6 Å². The van der Waals surface area contributed by atoms with Crippen molar-refractivity contribution in [2.45, 2.75) is 58.0 Å². The highest BCUT2D eigenvalue weighted by Crippen LogP contribution is 2.33. The minimum atomic E-state index is -3.43. The van der Waals surface area contributed by atoms with Crippen LogP contribution < -0.4 is 10.3 Å². The maximum absolute atomic E-state index is 13.6. The minimum Gasteiger partial charge on any atom is -0.294 e. The first-order chi connectivity index (χ1) is 15.6. The van der Waals surface area contributed by atoms with Crippen LogP contribution in [0.25, 0.3) is 11.1 Å². The number of sulfonamides is 1. The number of benzene rings is 2. The van der Waals surface area contributed by atoms with Gasteiger partial charge >= 0.3 is 0 Å². The van der Waals surface area contributed by atoms with Crippen LogP contribution in [0.15, 0.2) is 59.4 Å². The highest BCUT2D eigenvalue weighted by atomic mass is 32.2. The molecule has 4 rings (SSSR count). The summed E-state index contributed by atoms with van der Waals surface area (Å²) in [5.41, 5.74) is 4.66. The van der Waals surface area contributed by atoms with Gasteiger partial charge in [-0.25, -0.2) is 18.1 Å². The maximum Gasteiger partial charge on any atom is 0.257 e. The molecule has 7 heteroatoms. The molecule has 0 radical (unpaired) electrons. The fraction of sp³-hybridized carbons (Fsp3) is 0.385. The first kappa shape index (κ1) is 23.4. The van der Waals surface area contributed by atoms with Crippen LogP contribution in [-0.4, -0.2) is 30.3 Å². The Hall–Kier alpha value is -2.77. The van der Waals surface area contributed by atoms with Crippen molar-refractivity contribution in [2.24, 2.45) is 0 Å². The Kier molecular flexibility index (Phi) is 6.54. The molecule has 1 heterocycles. The zero-order valence-corrected chi connectivity index (χ0v) is 20.4. The van der Waals surface area contributed by atoms with E-state index in [1.807, 2.05) is 51.1 Å². The van der Waals surface area contributed by atoms with E-state index in [-0.39, 0.29) is 23.6 Å². The molecular formula is C26H31N3O3S. The number of rotatable bonds is 6. The molecule has 0 saturated carbocycles. The van der Waals surface area contributed by atoms with Gasteiger partial charge < -0.3 is 0 Å². The van der Waals surface area contributed by atoms with Gasteiger partial charge in [0, 0.05) is 23.6 Å². The molecule has 0 aliphatic heterocycles. The quantitative estimate of drug-likeness (QED) is 0.597. The van der Waals surface area contributed by atoms with Crippen molar-refractivity contribution in [3.63, 3.8) is 0 Å². The van der Waals surface area contributed by atoms with E-state index in [4.69, 9.17) is 4.98 Å². The number of fused-ring (bicyclic) bond motifs is 1. The van der Waals surface area contributed by atoms with E-state index in [1.54, 1.807) is 4.57 Å². The molecule has 0 bridgehead atoms. The number of aromatic nitrogens is 2. The molecule has 1 N–H and O–H groups in total. The van der Waals surface area contributed by atoms with Crippen LogP contribution >= 0.6 is 0 Å². The van der Waals surface area contributed by atoms with Crippen molar-refractivity contribution in [3.8, 4) is 11.1 Å². The molecule has 0 unspecified atom stereocenters. The van der Waals surface area contributed by atoms with Gasteiger partial charge in [0.25, 0.3) is 5.56 Å². The van der Waals surface area contributed by atoms with Crippen LogP contribution in [-0.2, 0) is 22.9 Å². The normalized spacial score (nSPS) is 18.3. The van der Waals surface area contributed by atoms with E-state index in [0.717, 1.165) is 22.4 Å². The molecule has 0 fully saturated rings. The lowest BCUT2D eigenvalue weighted by Gasteiger charge is -2.34. The Morgan fingerprint density at radius 3 is 2.45 bits per heavy atom. The summed E-state index contributed by atoms with van der Waals surface area (Å²) < 4.78 is 28.8. The SMILES string of the molecule is Cc1nc2c(c(=O)n1C(C)C)[C@@H](Cc1cccc(-c3ccccc3)c1)[C@@H](NS(C)(=O)=O)CC2. The zero-order chi connectivity index (χ0) is 23.8. The monoisotopic (exact) mass is 465 g/mol. The van der Waals surface area contributed by atoms with E-state index in [1.165, 1.54) is 6.26 Å². The molecule has 0 spiro atoms. The van der Waals surface area contributed by atoms with Gasteiger partial charge in [-0.15, -0.1) is 0 Å². The summed E-state index contributed by atoms with van der Waals surface area (Å²) in [7, 11) is -3.43. The first-order valence-corrected chi connectivity index (χ1v) is 13.3. The van der Waals surface area contributed by atoms with Gasteiger partial charge in [-0.3, -0.25) is 9.36 Å². The molecule has 0 saturated heterocycles. The largest absolute Gasteiger partial charge is 0.294 e. The van der Waals surface area contributed by atoms with E-state index in [2.05, 4.69) is 29.0 Å². The van der Waals surface area contributed by atoms with Gasteiger partial charge in [-0.05, 0) is 56.7 Å². The molecule has 2 aromatic carbocycles. The summed E-state index contributed by atoms with van der Waals surface area (Å²) in [5, 5.41) is 0. The highest BCUT2D eigenvalue weighted by Gasteiger charge is 2.35. The predicted molar refractivity (Wildman–Crippen MR) is 132 cm³/mol. The van der Waals surface area contributed by atoms with Crippen LogP contribution in [0.4, 0.5) is 0 Å².